The summed E-state index contributed by atoms with van der Waals surface area (Å²) in [4.78, 5) is 18.5. The van der Waals surface area contributed by atoms with E-state index < -0.39 is 21.2 Å². The maximum Gasteiger partial charge on any atom is 0.264 e. The van der Waals surface area contributed by atoms with Crippen LogP contribution in [-0.2, 0) is 31.3 Å². The van der Waals surface area contributed by atoms with Crippen LogP contribution in [-0.4, -0.2) is 82.8 Å². The molecule has 2 aromatic rings. The molecule has 4 heterocycles. The third-order valence-electron chi connectivity index (χ3n) is 13.2. The van der Waals surface area contributed by atoms with Gasteiger partial charge in [0.1, 0.15) is 5.75 Å². The molecular formula is C39H52ClN3O6S. The van der Waals surface area contributed by atoms with Crippen LogP contribution < -0.4 is 14.4 Å². The highest BCUT2D eigenvalue weighted by Crippen LogP contribution is 2.49. The van der Waals surface area contributed by atoms with Crippen molar-refractivity contribution in [3.63, 3.8) is 0 Å². The van der Waals surface area contributed by atoms with Gasteiger partial charge in [-0.05, 0) is 131 Å². The van der Waals surface area contributed by atoms with E-state index >= 15 is 0 Å². The minimum absolute atomic E-state index is 0.115. The van der Waals surface area contributed by atoms with Crippen LogP contribution in [0.3, 0.4) is 0 Å². The second-order valence-corrected chi connectivity index (χ2v) is 18.6. The Hall–Kier alpha value is -2.37. The highest BCUT2D eigenvalue weighted by atomic mass is 35.5. The fourth-order valence-corrected chi connectivity index (χ4v) is 11.1. The van der Waals surface area contributed by atoms with Crippen LogP contribution in [0.25, 0.3) is 0 Å². The molecule has 1 saturated carbocycles. The molecule has 3 fully saturated rings. The lowest BCUT2D eigenvalue weighted by Crippen LogP contribution is -2.55. The van der Waals surface area contributed by atoms with Crippen molar-refractivity contribution in [1.82, 2.24) is 9.62 Å². The number of benzene rings is 2. The summed E-state index contributed by atoms with van der Waals surface area (Å²) in [6.07, 6.45) is 8.84. The van der Waals surface area contributed by atoms with E-state index in [1.807, 2.05) is 25.1 Å². The number of hydrogen-bond acceptors (Lipinski definition) is 8. The Morgan fingerprint density at radius 2 is 1.76 bits per heavy atom. The highest BCUT2D eigenvalue weighted by molar-refractivity contribution is 7.90. The first-order valence-electron chi connectivity index (χ1n) is 18.9. The number of rotatable bonds is 2. The van der Waals surface area contributed by atoms with Crippen LogP contribution in [0.5, 0.6) is 5.75 Å². The first-order chi connectivity index (χ1) is 24.1. The minimum atomic E-state index is -3.90. The fraction of sp³-hybridized carbons (Fsp3) is 0.667. The van der Waals surface area contributed by atoms with Gasteiger partial charge in [0.25, 0.3) is 5.91 Å². The largest absolute Gasteiger partial charge is 0.490 e. The van der Waals surface area contributed by atoms with Gasteiger partial charge in [0.2, 0.25) is 10.0 Å². The Labute approximate surface area is 302 Å². The average molecular weight is 726 g/mol. The van der Waals surface area contributed by atoms with Gasteiger partial charge in [-0.15, -0.1) is 0 Å². The molecule has 2 aliphatic carbocycles. The van der Waals surface area contributed by atoms with Crippen molar-refractivity contribution in [2.45, 2.75) is 94.6 Å². The number of nitrogens with one attached hydrogen (secondary N) is 1. The van der Waals surface area contributed by atoms with Gasteiger partial charge >= 0.3 is 0 Å². The Morgan fingerprint density at radius 1 is 0.940 bits per heavy atom. The number of carbonyl (C=O) groups is 1. The van der Waals surface area contributed by atoms with Gasteiger partial charge in [-0.1, -0.05) is 31.0 Å². The summed E-state index contributed by atoms with van der Waals surface area (Å²) in [5, 5.41) is 0.0405. The van der Waals surface area contributed by atoms with Crippen molar-refractivity contribution in [2.24, 2.45) is 23.7 Å². The first-order valence-corrected chi connectivity index (χ1v) is 20.9. The van der Waals surface area contributed by atoms with Crippen molar-refractivity contribution in [3.05, 3.63) is 58.1 Å². The number of anilines is 1. The summed E-state index contributed by atoms with van der Waals surface area (Å²) in [6, 6.07) is 12.0. The predicted molar refractivity (Wildman–Crippen MR) is 194 cm³/mol. The summed E-state index contributed by atoms with van der Waals surface area (Å²) < 4.78 is 49.3. The van der Waals surface area contributed by atoms with Gasteiger partial charge in [-0.3, -0.25) is 9.69 Å². The lowest BCUT2D eigenvalue weighted by molar-refractivity contribution is -0.246. The van der Waals surface area contributed by atoms with Crippen LogP contribution >= 0.6 is 11.6 Å². The smallest absolute Gasteiger partial charge is 0.264 e. The van der Waals surface area contributed by atoms with E-state index in [2.05, 4.69) is 26.7 Å². The number of carbonyl (C=O) groups excluding carboxylic acids is 1. The van der Waals surface area contributed by atoms with Crippen LogP contribution in [0.15, 0.2) is 36.4 Å². The third-order valence-corrected chi connectivity index (χ3v) is 15.3. The van der Waals surface area contributed by atoms with E-state index in [1.54, 1.807) is 13.0 Å². The van der Waals surface area contributed by atoms with E-state index in [0.717, 1.165) is 94.0 Å². The number of aryl methyl sites for hydroxylation is 1. The summed E-state index contributed by atoms with van der Waals surface area (Å²) in [5.74, 6) is 1.11. The molecule has 0 unspecified atom stereocenters. The second-order valence-electron chi connectivity index (χ2n) is 16.1. The molecule has 6 atom stereocenters. The molecule has 272 valence electrons. The second kappa shape index (κ2) is 13.9. The fourth-order valence-electron chi connectivity index (χ4n) is 9.64. The molecule has 8 rings (SSSR count). The Morgan fingerprint density at radius 3 is 2.50 bits per heavy atom. The van der Waals surface area contributed by atoms with Gasteiger partial charge < -0.3 is 19.1 Å². The molecule has 0 aromatic heterocycles. The number of nitrogens with zero attached hydrogens (tertiary/aromatic N) is 2. The molecule has 1 spiro atoms. The highest BCUT2D eigenvalue weighted by Gasteiger charge is 2.47. The SMILES string of the molecule is C[C@@H]1[C@@H](C)CCC[C@H]([C@H]2OC[C@H](N3CCC3)CO2)[C@@H]2CC[C@H]2CN2C[C@@]3(CCCc4cc(Cl)ccc43)COc3ccc(cc32)C(=O)NS1(=O)=O. The molecule has 2 bridgehead atoms. The number of fused-ring (bicyclic) bond motifs is 4. The maximum absolute atomic E-state index is 13.6. The number of halogens is 1. The van der Waals surface area contributed by atoms with E-state index in [9.17, 15) is 13.2 Å². The molecule has 4 aliphatic heterocycles. The minimum Gasteiger partial charge on any atom is -0.490 e. The van der Waals surface area contributed by atoms with Crippen molar-refractivity contribution >= 4 is 33.2 Å². The molecular weight excluding hydrogens is 674 g/mol. The van der Waals surface area contributed by atoms with Gasteiger partial charge in [-0.25, -0.2) is 13.1 Å². The van der Waals surface area contributed by atoms with Crippen LogP contribution in [0.1, 0.15) is 86.7 Å². The summed E-state index contributed by atoms with van der Waals surface area (Å²) >= 11 is 6.48. The van der Waals surface area contributed by atoms with Gasteiger partial charge in [0.15, 0.2) is 6.29 Å². The molecule has 1 amide bonds. The zero-order valence-corrected chi connectivity index (χ0v) is 31.0. The molecule has 6 aliphatic rings. The van der Waals surface area contributed by atoms with E-state index in [4.69, 9.17) is 25.8 Å². The summed E-state index contributed by atoms with van der Waals surface area (Å²) in [7, 11) is -3.90. The zero-order valence-electron chi connectivity index (χ0n) is 29.4. The third kappa shape index (κ3) is 6.57. The van der Waals surface area contributed by atoms with E-state index in [0.29, 0.717) is 43.3 Å². The Kier molecular flexibility index (Phi) is 9.63. The number of ether oxygens (including phenoxy) is 3. The number of hydrogen-bond donors (Lipinski definition) is 1. The number of likely N-dealkylation sites (tertiary alicyclic amines) is 1. The van der Waals surface area contributed by atoms with Gasteiger partial charge in [-0.2, -0.15) is 0 Å². The lowest BCUT2D eigenvalue weighted by atomic mass is 9.64. The average Bonchev–Trinajstić information content (AvgIpc) is 3.21. The molecule has 1 N–H and O–H groups in total. The molecule has 0 radical (unpaired) electrons. The first kappa shape index (κ1) is 34.7. The summed E-state index contributed by atoms with van der Waals surface area (Å²) in [6.45, 7) is 9.44. The van der Waals surface area contributed by atoms with Gasteiger partial charge in [0, 0.05) is 35.0 Å². The number of amides is 1. The van der Waals surface area contributed by atoms with Crippen LogP contribution in [0.4, 0.5) is 5.69 Å². The van der Waals surface area contributed by atoms with Crippen molar-refractivity contribution in [1.29, 1.82) is 0 Å². The normalized spacial score (nSPS) is 36.1. The Bertz CT molecular complexity index is 1690. The molecule has 50 heavy (non-hydrogen) atoms. The molecule has 11 heteroatoms. The quantitative estimate of drug-likeness (QED) is 0.393. The number of sulfonamides is 1. The lowest BCUT2D eigenvalue weighted by Gasteiger charge is -2.49. The van der Waals surface area contributed by atoms with E-state index in [-0.39, 0.29) is 23.5 Å². The van der Waals surface area contributed by atoms with Crippen LogP contribution in [0.2, 0.25) is 5.02 Å². The predicted octanol–water partition coefficient (Wildman–Crippen LogP) is 6.17. The Balaban J connectivity index is 1.15. The van der Waals surface area contributed by atoms with Crippen LogP contribution in [0, 0.1) is 23.7 Å². The topological polar surface area (TPSA) is 97.4 Å². The zero-order chi connectivity index (χ0) is 34.6. The molecule has 9 nitrogen and oxygen atoms in total. The monoisotopic (exact) mass is 725 g/mol. The van der Waals surface area contributed by atoms with E-state index in [1.165, 1.54) is 17.5 Å². The molecule has 2 aromatic carbocycles. The van der Waals surface area contributed by atoms with Crippen molar-refractivity contribution in [3.8, 4) is 5.75 Å². The molecule has 2 saturated heterocycles. The maximum atomic E-state index is 13.6. The van der Waals surface area contributed by atoms with Crippen molar-refractivity contribution < 1.29 is 27.4 Å². The summed E-state index contributed by atoms with van der Waals surface area (Å²) in [5.41, 5.74) is 3.51. The van der Waals surface area contributed by atoms with Crippen molar-refractivity contribution in [2.75, 3.05) is 50.9 Å². The standard InChI is InChI=1S/C39H52ClN3O6S/c1-25-6-3-8-33(38-47-21-31(22-48-38)42-16-5-17-42)32-12-9-29(32)20-43-23-39(15-4-7-27-18-30(40)11-13-34(27)39)24-49-36-14-10-28(19-35(36)43)37(44)41-50(45,46)26(25)2/h10-11,13-14,18-19,25-26,29,31-33,38H,3-9,12,15-17,20-24H2,1-2H3,(H,41,44)/t25-,26+,29-,31-,32+,33-,38-,39-/m0/s1. The van der Waals surface area contributed by atoms with Gasteiger partial charge in [0.05, 0.1) is 36.8 Å².